The number of hydrogen-bond donors (Lipinski definition) is 2. The number of nitrogens with one attached hydrogen (secondary N) is 1. The third-order valence-electron chi connectivity index (χ3n) is 5.68. The van der Waals surface area contributed by atoms with E-state index in [1.165, 1.54) is 0 Å². The maximum atomic E-state index is 12.8. The van der Waals surface area contributed by atoms with Gasteiger partial charge in [-0.25, -0.2) is 9.97 Å². The van der Waals surface area contributed by atoms with Crippen molar-refractivity contribution < 1.29 is 9.90 Å². The van der Waals surface area contributed by atoms with Gasteiger partial charge in [-0.2, -0.15) is 0 Å². The summed E-state index contributed by atoms with van der Waals surface area (Å²) in [4.78, 5) is 26.4. The Kier molecular flexibility index (Phi) is 4.93. The molecule has 0 radical (unpaired) electrons. The molecule has 2 unspecified atom stereocenters. The van der Waals surface area contributed by atoms with E-state index in [9.17, 15) is 9.90 Å². The Bertz CT molecular complexity index is 898. The number of carbonyl (C=O) groups is 1. The summed E-state index contributed by atoms with van der Waals surface area (Å²) in [5.74, 6) is 2.00. The van der Waals surface area contributed by atoms with Crippen molar-refractivity contribution in [3.05, 3.63) is 35.5 Å². The molecule has 2 aromatic heterocycles. The van der Waals surface area contributed by atoms with Crippen molar-refractivity contribution in [1.29, 1.82) is 0 Å². The van der Waals surface area contributed by atoms with Gasteiger partial charge >= 0.3 is 0 Å². The highest BCUT2D eigenvalue weighted by atomic mass is 16.3. The zero-order valence-electron chi connectivity index (χ0n) is 16.6. The predicted molar refractivity (Wildman–Crippen MR) is 111 cm³/mol. The van der Waals surface area contributed by atoms with Crippen LogP contribution in [0.2, 0.25) is 0 Å². The molecule has 2 aliphatic rings. The lowest BCUT2D eigenvalue weighted by atomic mass is 9.98. The molecule has 0 bridgehead atoms. The number of nitrogens with zero attached hydrogens (tertiary/aromatic N) is 4. The molecule has 2 aliphatic heterocycles. The van der Waals surface area contributed by atoms with E-state index in [-0.39, 0.29) is 11.9 Å². The number of aliphatic hydroxyl groups is 1. The largest absolute Gasteiger partial charge is 0.391 e. The standard InChI is InChI=1S/C21H27N5O2/c1-4-25-19-15(8-7-10-22-19)21(28)24-18-13(2)12-17(23-20(18)25)26-11-6-5-9-16(26)14(3)27/h7-8,10,12,14,16,27H,4-6,9,11H2,1-3H3,(H,24,28). The van der Waals surface area contributed by atoms with Crippen molar-refractivity contribution in [2.45, 2.75) is 52.2 Å². The molecule has 1 saturated heterocycles. The number of aryl methyl sites for hydroxylation is 1. The highest BCUT2D eigenvalue weighted by Crippen LogP contribution is 2.39. The highest BCUT2D eigenvalue weighted by Gasteiger charge is 2.31. The Morgan fingerprint density at radius 3 is 2.93 bits per heavy atom. The second-order valence-electron chi connectivity index (χ2n) is 7.57. The van der Waals surface area contributed by atoms with Gasteiger partial charge in [0.2, 0.25) is 0 Å². The molecule has 0 spiro atoms. The maximum absolute atomic E-state index is 12.8. The van der Waals surface area contributed by atoms with Crippen LogP contribution in [-0.4, -0.2) is 46.2 Å². The zero-order chi connectivity index (χ0) is 19.8. The Hall–Kier alpha value is -2.67. The summed E-state index contributed by atoms with van der Waals surface area (Å²) in [5.41, 5.74) is 2.22. The smallest absolute Gasteiger partial charge is 0.259 e. The second-order valence-corrected chi connectivity index (χ2v) is 7.57. The third-order valence-corrected chi connectivity index (χ3v) is 5.68. The third kappa shape index (κ3) is 3.09. The van der Waals surface area contributed by atoms with Crippen LogP contribution in [0.25, 0.3) is 0 Å². The first-order chi connectivity index (χ1) is 13.5. The van der Waals surface area contributed by atoms with Crippen LogP contribution in [0.3, 0.4) is 0 Å². The van der Waals surface area contributed by atoms with Gasteiger partial charge in [0.25, 0.3) is 5.91 Å². The number of amides is 1. The van der Waals surface area contributed by atoms with Crippen LogP contribution >= 0.6 is 0 Å². The van der Waals surface area contributed by atoms with Gasteiger partial charge in [0.15, 0.2) is 5.82 Å². The number of anilines is 4. The number of aromatic nitrogens is 2. The number of carbonyl (C=O) groups excluding carboxylic acids is 1. The first-order valence-electron chi connectivity index (χ1n) is 10.0. The molecule has 1 fully saturated rings. The van der Waals surface area contributed by atoms with Crippen LogP contribution in [0.5, 0.6) is 0 Å². The minimum Gasteiger partial charge on any atom is -0.391 e. The van der Waals surface area contributed by atoms with Crippen molar-refractivity contribution in [2.75, 3.05) is 28.2 Å². The summed E-state index contributed by atoms with van der Waals surface area (Å²) in [5, 5.41) is 13.3. The van der Waals surface area contributed by atoms with Crippen molar-refractivity contribution >= 4 is 29.0 Å². The second kappa shape index (κ2) is 7.39. The van der Waals surface area contributed by atoms with Gasteiger partial charge in [0, 0.05) is 19.3 Å². The quantitative estimate of drug-likeness (QED) is 0.849. The molecule has 2 aromatic rings. The molecule has 1 amide bonds. The molecule has 2 atom stereocenters. The molecule has 28 heavy (non-hydrogen) atoms. The van der Waals surface area contributed by atoms with Gasteiger partial charge < -0.3 is 20.2 Å². The zero-order valence-corrected chi connectivity index (χ0v) is 16.6. The molecule has 0 aliphatic carbocycles. The van der Waals surface area contributed by atoms with Crippen molar-refractivity contribution in [2.24, 2.45) is 0 Å². The Labute approximate surface area is 165 Å². The van der Waals surface area contributed by atoms with Crippen LogP contribution in [0, 0.1) is 6.92 Å². The summed E-state index contributed by atoms with van der Waals surface area (Å²) in [6, 6.07) is 5.63. The van der Waals surface area contributed by atoms with Crippen LogP contribution in [0.4, 0.5) is 23.1 Å². The minimum atomic E-state index is -0.425. The topological polar surface area (TPSA) is 81.6 Å². The summed E-state index contributed by atoms with van der Waals surface area (Å²) >= 11 is 0. The van der Waals surface area contributed by atoms with Gasteiger partial charge in [0.1, 0.15) is 11.6 Å². The van der Waals surface area contributed by atoms with Crippen molar-refractivity contribution in [3.8, 4) is 0 Å². The van der Waals surface area contributed by atoms with Gasteiger partial charge in [-0.05, 0) is 63.8 Å². The molecule has 0 aromatic carbocycles. The molecular weight excluding hydrogens is 354 g/mol. The molecular formula is C21H27N5O2. The van der Waals surface area contributed by atoms with Crippen LogP contribution in [0.1, 0.15) is 49.0 Å². The Morgan fingerprint density at radius 1 is 1.36 bits per heavy atom. The molecule has 0 saturated carbocycles. The SMILES string of the molecule is CCN1c2ncccc2C(=O)Nc2c(C)cc(N3CCCCC3C(C)O)nc21. The van der Waals surface area contributed by atoms with Crippen molar-refractivity contribution in [1.82, 2.24) is 9.97 Å². The monoisotopic (exact) mass is 381 g/mol. The van der Waals surface area contributed by atoms with E-state index < -0.39 is 6.10 Å². The fraction of sp³-hybridized carbons (Fsp3) is 0.476. The average molecular weight is 381 g/mol. The van der Waals surface area contributed by atoms with E-state index in [0.717, 1.165) is 42.9 Å². The van der Waals surface area contributed by atoms with E-state index in [0.29, 0.717) is 23.7 Å². The number of pyridine rings is 2. The minimum absolute atomic E-state index is 0.0551. The lowest BCUT2D eigenvalue weighted by molar-refractivity contribution is 0.102. The number of hydrogen-bond acceptors (Lipinski definition) is 6. The van der Waals surface area contributed by atoms with Crippen LogP contribution in [0.15, 0.2) is 24.4 Å². The van der Waals surface area contributed by atoms with Crippen LogP contribution < -0.4 is 15.1 Å². The summed E-state index contributed by atoms with van der Waals surface area (Å²) in [7, 11) is 0. The van der Waals surface area contributed by atoms with E-state index in [1.54, 1.807) is 18.3 Å². The lowest BCUT2D eigenvalue weighted by Gasteiger charge is -2.39. The van der Waals surface area contributed by atoms with E-state index in [2.05, 4.69) is 15.2 Å². The summed E-state index contributed by atoms with van der Waals surface area (Å²) in [6.07, 6.45) is 4.42. The molecule has 148 valence electrons. The average Bonchev–Trinajstić information content (AvgIpc) is 2.82. The fourth-order valence-corrected chi connectivity index (χ4v) is 4.25. The van der Waals surface area contributed by atoms with Gasteiger partial charge in [-0.1, -0.05) is 0 Å². The number of aliphatic hydroxyl groups excluding tert-OH is 1. The summed E-state index contributed by atoms with van der Waals surface area (Å²) < 4.78 is 0. The number of fused-ring (bicyclic) bond motifs is 2. The van der Waals surface area contributed by atoms with E-state index in [1.807, 2.05) is 31.7 Å². The van der Waals surface area contributed by atoms with Gasteiger partial charge in [-0.3, -0.25) is 4.79 Å². The normalized spacial score (nSPS) is 20.1. The maximum Gasteiger partial charge on any atom is 0.259 e. The van der Waals surface area contributed by atoms with Gasteiger partial charge in [0.05, 0.1) is 23.4 Å². The first-order valence-corrected chi connectivity index (χ1v) is 10.0. The lowest BCUT2D eigenvalue weighted by Crippen LogP contribution is -2.46. The highest BCUT2D eigenvalue weighted by molar-refractivity contribution is 6.11. The van der Waals surface area contributed by atoms with Gasteiger partial charge in [-0.15, -0.1) is 0 Å². The number of rotatable bonds is 3. The molecule has 7 heteroatoms. The molecule has 4 rings (SSSR count). The molecule has 7 nitrogen and oxygen atoms in total. The molecule has 2 N–H and O–H groups in total. The summed E-state index contributed by atoms with van der Waals surface area (Å²) in [6.45, 7) is 7.37. The van der Waals surface area contributed by atoms with E-state index >= 15 is 0 Å². The van der Waals surface area contributed by atoms with E-state index in [4.69, 9.17) is 4.98 Å². The molecule has 4 heterocycles. The van der Waals surface area contributed by atoms with Crippen LogP contribution in [-0.2, 0) is 0 Å². The van der Waals surface area contributed by atoms with Crippen molar-refractivity contribution in [3.63, 3.8) is 0 Å². The first kappa shape index (κ1) is 18.7. The Balaban J connectivity index is 1.85. The number of piperidine rings is 1. The Morgan fingerprint density at radius 2 is 2.18 bits per heavy atom. The predicted octanol–water partition coefficient (Wildman–Crippen LogP) is 3.25. The fourth-order valence-electron chi connectivity index (χ4n) is 4.25.